The quantitative estimate of drug-likeness (QED) is 0.834. The first-order valence-electron chi connectivity index (χ1n) is 5.87. The second-order valence-corrected chi connectivity index (χ2v) is 6.00. The van der Waals surface area contributed by atoms with Gasteiger partial charge in [0.25, 0.3) is 0 Å². The van der Waals surface area contributed by atoms with Gasteiger partial charge in [-0.3, -0.25) is 4.79 Å². The molecule has 1 aliphatic heterocycles. The molecule has 5 heteroatoms. The summed E-state index contributed by atoms with van der Waals surface area (Å²) in [7, 11) is 0. The van der Waals surface area contributed by atoms with Gasteiger partial charge in [0.05, 0.1) is 5.69 Å². The van der Waals surface area contributed by atoms with Gasteiger partial charge in [-0.2, -0.15) is 11.8 Å². The van der Waals surface area contributed by atoms with Crippen molar-refractivity contribution in [2.45, 2.75) is 13.3 Å². The highest BCUT2D eigenvalue weighted by molar-refractivity contribution is 7.99. The second-order valence-electron chi connectivity index (χ2n) is 4.41. The van der Waals surface area contributed by atoms with Crippen molar-refractivity contribution in [2.75, 3.05) is 16.8 Å². The number of amides is 1. The Balaban J connectivity index is 2.20. The highest BCUT2D eigenvalue weighted by Gasteiger charge is 2.24. The number of nitrogens with two attached hydrogens (primary N) is 1. The number of hydrogen-bond donors (Lipinski definition) is 2. The summed E-state index contributed by atoms with van der Waals surface area (Å²) in [6.45, 7) is 1.94. The molecule has 0 spiro atoms. The third-order valence-electron chi connectivity index (χ3n) is 3.08. The molecule has 1 unspecified atom stereocenters. The van der Waals surface area contributed by atoms with E-state index in [4.69, 9.17) is 18.0 Å². The van der Waals surface area contributed by atoms with E-state index in [0.29, 0.717) is 4.99 Å². The third kappa shape index (κ3) is 2.84. The summed E-state index contributed by atoms with van der Waals surface area (Å²) in [5.41, 5.74) is 8.20. The van der Waals surface area contributed by atoms with Crippen molar-refractivity contribution >= 4 is 40.6 Å². The van der Waals surface area contributed by atoms with Crippen molar-refractivity contribution in [1.29, 1.82) is 0 Å². The van der Waals surface area contributed by atoms with Gasteiger partial charge in [-0.25, -0.2) is 0 Å². The summed E-state index contributed by atoms with van der Waals surface area (Å²) in [4.78, 5) is 12.4. The van der Waals surface area contributed by atoms with Gasteiger partial charge < -0.3 is 11.1 Å². The van der Waals surface area contributed by atoms with Crippen LogP contribution in [0.5, 0.6) is 0 Å². The highest BCUT2D eigenvalue weighted by Crippen LogP contribution is 2.26. The van der Waals surface area contributed by atoms with Crippen molar-refractivity contribution in [3.63, 3.8) is 0 Å². The van der Waals surface area contributed by atoms with Crippen LogP contribution in [0.15, 0.2) is 18.2 Å². The Morgan fingerprint density at radius 1 is 1.56 bits per heavy atom. The third-order valence-corrected chi connectivity index (χ3v) is 4.44. The van der Waals surface area contributed by atoms with E-state index in [2.05, 4.69) is 5.32 Å². The maximum atomic E-state index is 12.1. The van der Waals surface area contributed by atoms with E-state index in [0.717, 1.165) is 34.7 Å². The Bertz CT molecular complexity index is 482. The van der Waals surface area contributed by atoms with Crippen LogP contribution in [0.3, 0.4) is 0 Å². The standard InChI is InChI=1S/C13H16N2OS2/c1-8-3-2-4-10(11(8)12(14)17)15-13(16)9-5-6-18-7-9/h2-4,9H,5-7H2,1H3,(H2,14,17)(H,15,16). The van der Waals surface area contributed by atoms with Crippen molar-refractivity contribution in [1.82, 2.24) is 0 Å². The lowest BCUT2D eigenvalue weighted by atomic mass is 10.0. The van der Waals surface area contributed by atoms with E-state index < -0.39 is 0 Å². The number of carbonyl (C=O) groups is 1. The Hall–Kier alpha value is -1.07. The lowest BCUT2D eigenvalue weighted by Crippen LogP contribution is -2.24. The van der Waals surface area contributed by atoms with Gasteiger partial charge in [0.15, 0.2) is 0 Å². The van der Waals surface area contributed by atoms with Crippen molar-refractivity contribution in [2.24, 2.45) is 11.7 Å². The van der Waals surface area contributed by atoms with E-state index in [1.807, 2.05) is 36.9 Å². The predicted octanol–water partition coefficient (Wildman–Crippen LogP) is 2.32. The number of nitrogens with one attached hydrogen (secondary N) is 1. The van der Waals surface area contributed by atoms with Crippen LogP contribution in [-0.2, 0) is 4.79 Å². The molecule has 1 amide bonds. The van der Waals surface area contributed by atoms with E-state index in [1.54, 1.807) is 0 Å². The smallest absolute Gasteiger partial charge is 0.228 e. The number of hydrogen-bond acceptors (Lipinski definition) is 3. The number of thiocarbonyl (C=S) groups is 1. The monoisotopic (exact) mass is 280 g/mol. The molecule has 2 rings (SSSR count). The normalized spacial score (nSPS) is 18.6. The number of rotatable bonds is 3. The zero-order valence-corrected chi connectivity index (χ0v) is 11.9. The van der Waals surface area contributed by atoms with E-state index in [9.17, 15) is 4.79 Å². The summed E-state index contributed by atoms with van der Waals surface area (Å²) < 4.78 is 0. The van der Waals surface area contributed by atoms with Gasteiger partial charge in [-0.1, -0.05) is 24.4 Å². The Morgan fingerprint density at radius 2 is 2.33 bits per heavy atom. The summed E-state index contributed by atoms with van der Waals surface area (Å²) in [6, 6.07) is 5.69. The first-order valence-corrected chi connectivity index (χ1v) is 7.44. The largest absolute Gasteiger partial charge is 0.389 e. The topological polar surface area (TPSA) is 55.1 Å². The lowest BCUT2D eigenvalue weighted by molar-refractivity contribution is -0.119. The van der Waals surface area contributed by atoms with Crippen molar-refractivity contribution in [3.05, 3.63) is 29.3 Å². The number of aryl methyl sites for hydroxylation is 1. The van der Waals surface area contributed by atoms with E-state index in [1.165, 1.54) is 0 Å². The minimum absolute atomic E-state index is 0.0723. The first kappa shape index (κ1) is 13.4. The molecule has 3 nitrogen and oxygen atoms in total. The Morgan fingerprint density at radius 3 is 2.94 bits per heavy atom. The maximum Gasteiger partial charge on any atom is 0.228 e. The zero-order chi connectivity index (χ0) is 13.1. The van der Waals surface area contributed by atoms with E-state index >= 15 is 0 Å². The molecule has 1 heterocycles. The average molecular weight is 280 g/mol. The molecule has 1 aromatic carbocycles. The molecule has 1 atom stereocenters. The van der Waals surface area contributed by atoms with Gasteiger partial charge in [0.2, 0.25) is 5.91 Å². The molecule has 0 bridgehead atoms. The van der Waals surface area contributed by atoms with Crippen LogP contribution < -0.4 is 11.1 Å². The van der Waals surface area contributed by atoms with Gasteiger partial charge in [0.1, 0.15) is 4.99 Å². The van der Waals surface area contributed by atoms with E-state index in [-0.39, 0.29) is 11.8 Å². The molecule has 1 aromatic rings. The molecule has 1 fully saturated rings. The van der Waals surface area contributed by atoms with Crippen LogP contribution in [-0.4, -0.2) is 22.4 Å². The summed E-state index contributed by atoms with van der Waals surface area (Å²) in [5.74, 6) is 2.14. The minimum atomic E-state index is 0.0723. The van der Waals surface area contributed by atoms with Gasteiger partial charge in [-0.05, 0) is 30.7 Å². The van der Waals surface area contributed by atoms with Crippen LogP contribution in [0.4, 0.5) is 5.69 Å². The predicted molar refractivity (Wildman–Crippen MR) is 81.1 cm³/mol. The van der Waals surface area contributed by atoms with Gasteiger partial charge >= 0.3 is 0 Å². The van der Waals surface area contributed by atoms with Crippen LogP contribution in [0.25, 0.3) is 0 Å². The van der Waals surface area contributed by atoms with Crippen LogP contribution in [0.2, 0.25) is 0 Å². The van der Waals surface area contributed by atoms with Crippen LogP contribution in [0.1, 0.15) is 17.5 Å². The Kier molecular flexibility index (Phi) is 4.24. The zero-order valence-electron chi connectivity index (χ0n) is 10.2. The van der Waals surface area contributed by atoms with Crippen LogP contribution in [0, 0.1) is 12.8 Å². The fraction of sp³-hybridized carbons (Fsp3) is 0.385. The lowest BCUT2D eigenvalue weighted by Gasteiger charge is -2.14. The summed E-state index contributed by atoms with van der Waals surface area (Å²) in [6.07, 6.45) is 0.949. The molecule has 0 aromatic heterocycles. The molecule has 0 aliphatic carbocycles. The molecular weight excluding hydrogens is 264 g/mol. The number of benzene rings is 1. The summed E-state index contributed by atoms with van der Waals surface area (Å²) >= 11 is 6.87. The fourth-order valence-electron chi connectivity index (χ4n) is 2.08. The van der Waals surface area contributed by atoms with Crippen molar-refractivity contribution in [3.8, 4) is 0 Å². The molecule has 1 saturated heterocycles. The maximum absolute atomic E-state index is 12.1. The molecule has 0 radical (unpaired) electrons. The van der Waals surface area contributed by atoms with Gasteiger partial charge in [-0.15, -0.1) is 0 Å². The van der Waals surface area contributed by atoms with Crippen molar-refractivity contribution < 1.29 is 4.79 Å². The molecule has 18 heavy (non-hydrogen) atoms. The Labute approximate surface area is 117 Å². The fourth-order valence-corrected chi connectivity index (χ4v) is 3.57. The number of thioether (sulfide) groups is 1. The van der Waals surface area contributed by atoms with Gasteiger partial charge in [0, 0.05) is 17.2 Å². The number of carbonyl (C=O) groups excluding carboxylic acids is 1. The molecule has 1 aliphatic rings. The van der Waals surface area contributed by atoms with Crippen LogP contribution >= 0.6 is 24.0 Å². The molecular formula is C13H16N2OS2. The highest BCUT2D eigenvalue weighted by atomic mass is 32.2. The average Bonchev–Trinajstić information content (AvgIpc) is 2.81. The molecule has 3 N–H and O–H groups in total. The summed E-state index contributed by atoms with van der Waals surface area (Å²) in [5, 5.41) is 2.95. The first-order chi connectivity index (χ1) is 8.59. The molecule has 0 saturated carbocycles. The minimum Gasteiger partial charge on any atom is -0.389 e. The number of anilines is 1. The second kappa shape index (κ2) is 5.71. The molecule has 96 valence electrons. The SMILES string of the molecule is Cc1cccc(NC(=O)C2CCSC2)c1C(N)=S.